The molecule has 0 bridgehead atoms. The van der Waals surface area contributed by atoms with Crippen LogP contribution in [0.25, 0.3) is 6.08 Å². The number of ether oxygens (including phenoxy) is 2. The van der Waals surface area contributed by atoms with E-state index in [1.54, 1.807) is 25.4 Å². The van der Waals surface area contributed by atoms with Crippen LogP contribution in [0, 0.1) is 0 Å². The van der Waals surface area contributed by atoms with E-state index in [4.69, 9.17) is 9.47 Å². The molecule has 0 atom stereocenters. The van der Waals surface area contributed by atoms with Crippen molar-refractivity contribution in [1.82, 2.24) is 4.98 Å². The van der Waals surface area contributed by atoms with E-state index in [2.05, 4.69) is 4.98 Å². The van der Waals surface area contributed by atoms with Crippen LogP contribution in [0.5, 0.6) is 5.88 Å². The smallest absolute Gasteiger partial charge is 0.331 e. The van der Waals surface area contributed by atoms with E-state index in [0.29, 0.717) is 5.88 Å². The lowest BCUT2D eigenvalue weighted by atomic mass is 10.2. The zero-order valence-corrected chi connectivity index (χ0v) is 10.6. The Labute approximate surface area is 101 Å². The molecule has 0 fully saturated rings. The number of hydrogen-bond acceptors (Lipinski definition) is 4. The summed E-state index contributed by atoms with van der Waals surface area (Å²) in [6.07, 6.45) is 4.66. The second-order valence-electron chi connectivity index (χ2n) is 4.50. The second kappa shape index (κ2) is 5.48. The van der Waals surface area contributed by atoms with Crippen molar-refractivity contribution < 1.29 is 14.3 Å². The van der Waals surface area contributed by atoms with E-state index in [9.17, 15) is 4.79 Å². The predicted octanol–water partition coefficient (Wildman–Crippen LogP) is 2.45. The molecule has 4 heteroatoms. The maximum atomic E-state index is 11.4. The van der Waals surface area contributed by atoms with Crippen molar-refractivity contribution >= 4 is 12.0 Å². The van der Waals surface area contributed by atoms with Crippen LogP contribution in [0.15, 0.2) is 24.4 Å². The third kappa shape index (κ3) is 5.15. The van der Waals surface area contributed by atoms with Gasteiger partial charge in [-0.3, -0.25) is 0 Å². The first-order valence-electron chi connectivity index (χ1n) is 5.32. The fraction of sp³-hybridized carbons (Fsp3) is 0.385. The lowest BCUT2D eigenvalue weighted by molar-refractivity contribution is -0.148. The summed E-state index contributed by atoms with van der Waals surface area (Å²) in [5.41, 5.74) is 0.344. The van der Waals surface area contributed by atoms with E-state index in [1.165, 1.54) is 6.08 Å². The van der Waals surface area contributed by atoms with Gasteiger partial charge in [0.05, 0.1) is 7.11 Å². The van der Waals surface area contributed by atoms with Crippen LogP contribution < -0.4 is 4.74 Å². The van der Waals surface area contributed by atoms with E-state index >= 15 is 0 Å². The van der Waals surface area contributed by atoms with Crippen LogP contribution >= 0.6 is 0 Å². The Hall–Kier alpha value is -1.84. The second-order valence-corrected chi connectivity index (χ2v) is 4.50. The van der Waals surface area contributed by atoms with Gasteiger partial charge in [-0.2, -0.15) is 0 Å². The molecule has 0 N–H and O–H groups in total. The number of carbonyl (C=O) groups excluding carboxylic acids is 1. The molecule has 0 aromatic carbocycles. The van der Waals surface area contributed by atoms with E-state index in [-0.39, 0.29) is 5.97 Å². The van der Waals surface area contributed by atoms with Crippen LogP contribution in [0.1, 0.15) is 26.3 Å². The van der Waals surface area contributed by atoms with Crippen molar-refractivity contribution in [3.8, 4) is 5.88 Å². The zero-order valence-electron chi connectivity index (χ0n) is 10.6. The number of rotatable bonds is 3. The molecule has 4 nitrogen and oxygen atoms in total. The topological polar surface area (TPSA) is 48.4 Å². The highest BCUT2D eigenvalue weighted by atomic mass is 16.6. The number of hydrogen-bond donors (Lipinski definition) is 0. The summed E-state index contributed by atoms with van der Waals surface area (Å²) in [6, 6.07) is 3.54. The summed E-state index contributed by atoms with van der Waals surface area (Å²) in [6.45, 7) is 5.48. The third-order valence-electron chi connectivity index (χ3n) is 1.79. The van der Waals surface area contributed by atoms with Crippen LogP contribution in [-0.4, -0.2) is 23.7 Å². The zero-order chi connectivity index (χ0) is 12.9. The normalized spacial score (nSPS) is 11.5. The number of esters is 1. The molecule has 1 aromatic rings. The number of aromatic nitrogens is 1. The van der Waals surface area contributed by atoms with Crippen LogP contribution in [0.3, 0.4) is 0 Å². The maximum Gasteiger partial charge on any atom is 0.331 e. The molecular weight excluding hydrogens is 218 g/mol. The molecule has 1 aromatic heterocycles. The molecule has 1 rings (SSSR count). The minimum atomic E-state index is -0.473. The van der Waals surface area contributed by atoms with E-state index in [0.717, 1.165) is 5.56 Å². The highest BCUT2D eigenvalue weighted by molar-refractivity contribution is 5.87. The summed E-state index contributed by atoms with van der Waals surface area (Å²) in [5, 5.41) is 0. The van der Waals surface area contributed by atoms with Crippen molar-refractivity contribution in [2.45, 2.75) is 26.4 Å². The Balaban J connectivity index is 2.61. The molecular formula is C13H17NO3. The summed E-state index contributed by atoms with van der Waals surface area (Å²) < 4.78 is 10.1. The Bertz CT molecular complexity index is 402. The largest absolute Gasteiger partial charge is 0.481 e. The average molecular weight is 235 g/mol. The van der Waals surface area contributed by atoms with Crippen molar-refractivity contribution in [2.75, 3.05) is 7.11 Å². The van der Waals surface area contributed by atoms with Crippen molar-refractivity contribution in [1.29, 1.82) is 0 Å². The summed E-state index contributed by atoms with van der Waals surface area (Å²) >= 11 is 0. The van der Waals surface area contributed by atoms with Crippen molar-refractivity contribution in [2.24, 2.45) is 0 Å². The number of methoxy groups -OCH3 is 1. The Morgan fingerprint density at radius 3 is 2.53 bits per heavy atom. The SMILES string of the molecule is COc1ccc(/C=C/C(=O)OC(C)(C)C)cn1. The molecule has 0 amide bonds. The van der Waals surface area contributed by atoms with Gasteiger partial charge in [0.1, 0.15) is 5.60 Å². The quantitative estimate of drug-likeness (QED) is 0.596. The number of pyridine rings is 1. The molecule has 17 heavy (non-hydrogen) atoms. The Morgan fingerprint density at radius 1 is 1.35 bits per heavy atom. The van der Waals surface area contributed by atoms with E-state index < -0.39 is 5.60 Å². The number of nitrogens with zero attached hydrogens (tertiary/aromatic N) is 1. The summed E-state index contributed by atoms with van der Waals surface area (Å²) in [7, 11) is 1.55. The van der Waals surface area contributed by atoms with Gasteiger partial charge in [-0.05, 0) is 38.5 Å². The monoisotopic (exact) mass is 235 g/mol. The van der Waals surface area contributed by atoms with Gasteiger partial charge in [-0.1, -0.05) is 0 Å². The van der Waals surface area contributed by atoms with Gasteiger partial charge >= 0.3 is 5.97 Å². The Morgan fingerprint density at radius 2 is 2.06 bits per heavy atom. The minimum absolute atomic E-state index is 0.367. The molecule has 0 aliphatic carbocycles. The fourth-order valence-electron chi connectivity index (χ4n) is 1.11. The first kappa shape index (κ1) is 13.2. The molecule has 0 aliphatic heterocycles. The molecule has 0 unspecified atom stereocenters. The molecule has 0 aliphatic rings. The highest BCUT2D eigenvalue weighted by Gasteiger charge is 2.13. The van der Waals surface area contributed by atoms with Gasteiger partial charge in [0.2, 0.25) is 5.88 Å². The fourth-order valence-corrected chi connectivity index (χ4v) is 1.11. The maximum absolute atomic E-state index is 11.4. The first-order valence-corrected chi connectivity index (χ1v) is 5.32. The van der Waals surface area contributed by atoms with Gasteiger partial charge < -0.3 is 9.47 Å². The predicted molar refractivity (Wildman–Crippen MR) is 65.7 cm³/mol. The third-order valence-corrected chi connectivity index (χ3v) is 1.79. The minimum Gasteiger partial charge on any atom is -0.481 e. The molecule has 0 spiro atoms. The van der Waals surface area contributed by atoms with Crippen LogP contribution in [0.4, 0.5) is 0 Å². The lowest BCUT2D eigenvalue weighted by Gasteiger charge is -2.17. The molecule has 1 heterocycles. The standard InChI is InChI=1S/C13H17NO3/c1-13(2,3)17-12(15)8-6-10-5-7-11(16-4)14-9-10/h5-9H,1-4H3/b8-6+. The first-order chi connectivity index (χ1) is 7.90. The van der Waals surface area contributed by atoms with Gasteiger partial charge in [0, 0.05) is 18.3 Å². The molecule has 0 saturated heterocycles. The van der Waals surface area contributed by atoms with E-state index in [1.807, 2.05) is 26.8 Å². The molecule has 0 saturated carbocycles. The summed E-state index contributed by atoms with van der Waals surface area (Å²) in [5.74, 6) is 0.174. The average Bonchev–Trinajstić information content (AvgIpc) is 2.25. The van der Waals surface area contributed by atoms with Crippen molar-refractivity contribution in [3.63, 3.8) is 0 Å². The van der Waals surface area contributed by atoms with Gasteiger partial charge in [-0.15, -0.1) is 0 Å². The Kier molecular flexibility index (Phi) is 4.26. The highest BCUT2D eigenvalue weighted by Crippen LogP contribution is 2.10. The molecule has 0 radical (unpaired) electrons. The van der Waals surface area contributed by atoms with Crippen LogP contribution in [-0.2, 0) is 9.53 Å². The van der Waals surface area contributed by atoms with Gasteiger partial charge in [0.15, 0.2) is 0 Å². The van der Waals surface area contributed by atoms with Gasteiger partial charge in [0.25, 0.3) is 0 Å². The number of carbonyl (C=O) groups is 1. The molecule has 92 valence electrons. The van der Waals surface area contributed by atoms with Crippen LogP contribution in [0.2, 0.25) is 0 Å². The van der Waals surface area contributed by atoms with Crippen molar-refractivity contribution in [3.05, 3.63) is 30.0 Å². The van der Waals surface area contributed by atoms with Gasteiger partial charge in [-0.25, -0.2) is 9.78 Å². The lowest BCUT2D eigenvalue weighted by Crippen LogP contribution is -2.22. The summed E-state index contributed by atoms with van der Waals surface area (Å²) in [4.78, 5) is 15.4.